The maximum atomic E-state index is 11.9. The number of benzene rings is 1. The molecule has 1 aromatic carbocycles. The maximum Gasteiger partial charge on any atom is 0.248 e. The topological polar surface area (TPSA) is 60.5 Å². The van der Waals surface area contributed by atoms with Gasteiger partial charge in [-0.2, -0.15) is 0 Å². The Labute approximate surface area is 123 Å². The fourth-order valence-corrected chi connectivity index (χ4v) is 1.74. The average molecular weight is 284 g/mol. The molecule has 5 nitrogen and oxygen atoms in total. The lowest BCUT2D eigenvalue weighted by molar-refractivity contribution is -0.111. The molecule has 0 bridgehead atoms. The van der Waals surface area contributed by atoms with Gasteiger partial charge in [-0.3, -0.25) is 9.78 Å². The molecule has 1 amide bonds. The number of ether oxygens (including phenoxy) is 2. The van der Waals surface area contributed by atoms with Crippen molar-refractivity contribution in [3.05, 3.63) is 54.4 Å². The molecule has 0 atom stereocenters. The maximum absolute atomic E-state index is 11.9. The first-order chi connectivity index (χ1) is 10.2. The number of anilines is 1. The van der Waals surface area contributed by atoms with Gasteiger partial charge in [0.1, 0.15) is 0 Å². The van der Waals surface area contributed by atoms with Crippen LogP contribution in [-0.2, 0) is 4.79 Å². The lowest BCUT2D eigenvalue weighted by Gasteiger charge is -2.09. The molecular weight excluding hydrogens is 268 g/mol. The highest BCUT2D eigenvalue weighted by Gasteiger charge is 2.05. The summed E-state index contributed by atoms with van der Waals surface area (Å²) in [6.45, 7) is 0. The Bertz CT molecular complexity index is 639. The van der Waals surface area contributed by atoms with Gasteiger partial charge in [0.15, 0.2) is 11.5 Å². The minimum atomic E-state index is -0.223. The lowest BCUT2D eigenvalue weighted by atomic mass is 10.2. The van der Waals surface area contributed by atoms with Gasteiger partial charge in [0.05, 0.1) is 14.2 Å². The molecule has 1 aromatic heterocycles. The van der Waals surface area contributed by atoms with Crippen LogP contribution in [0.15, 0.2) is 48.8 Å². The normalized spacial score (nSPS) is 10.4. The number of hydrogen-bond acceptors (Lipinski definition) is 4. The van der Waals surface area contributed by atoms with Gasteiger partial charge in [-0.15, -0.1) is 0 Å². The fourth-order valence-electron chi connectivity index (χ4n) is 1.74. The van der Waals surface area contributed by atoms with Crippen LogP contribution in [0.1, 0.15) is 5.56 Å². The summed E-state index contributed by atoms with van der Waals surface area (Å²) in [7, 11) is 3.11. The molecule has 0 fully saturated rings. The highest BCUT2D eigenvalue weighted by Crippen LogP contribution is 2.29. The smallest absolute Gasteiger partial charge is 0.248 e. The number of carbonyl (C=O) groups is 1. The predicted octanol–water partition coefficient (Wildman–Crippen LogP) is 2.75. The molecule has 1 N–H and O–H groups in total. The van der Waals surface area contributed by atoms with Crippen molar-refractivity contribution in [2.24, 2.45) is 0 Å². The summed E-state index contributed by atoms with van der Waals surface area (Å²) in [6, 6.07) is 8.83. The summed E-state index contributed by atoms with van der Waals surface area (Å²) < 4.78 is 10.3. The van der Waals surface area contributed by atoms with Crippen molar-refractivity contribution in [2.45, 2.75) is 0 Å². The molecule has 108 valence electrons. The molecule has 2 rings (SSSR count). The van der Waals surface area contributed by atoms with E-state index in [-0.39, 0.29) is 5.91 Å². The first-order valence-corrected chi connectivity index (χ1v) is 6.34. The first-order valence-electron chi connectivity index (χ1n) is 6.34. The zero-order valence-electron chi connectivity index (χ0n) is 11.9. The number of methoxy groups -OCH3 is 2. The predicted molar refractivity (Wildman–Crippen MR) is 81.4 cm³/mol. The average Bonchev–Trinajstić information content (AvgIpc) is 2.53. The molecule has 0 aliphatic heterocycles. The SMILES string of the molecule is COc1ccc(NC(=O)/C=C/c2ccncc2)cc1OC. The lowest BCUT2D eigenvalue weighted by Crippen LogP contribution is -2.07. The van der Waals surface area contributed by atoms with Crippen LogP contribution in [-0.4, -0.2) is 25.1 Å². The number of nitrogens with one attached hydrogen (secondary N) is 1. The van der Waals surface area contributed by atoms with Crippen LogP contribution in [0.2, 0.25) is 0 Å². The zero-order chi connectivity index (χ0) is 15.1. The van der Waals surface area contributed by atoms with Crippen LogP contribution < -0.4 is 14.8 Å². The van der Waals surface area contributed by atoms with Gasteiger partial charge in [-0.1, -0.05) is 0 Å². The van der Waals surface area contributed by atoms with E-state index in [1.165, 1.54) is 6.08 Å². The number of pyridine rings is 1. The van der Waals surface area contributed by atoms with Crippen molar-refractivity contribution in [2.75, 3.05) is 19.5 Å². The van der Waals surface area contributed by atoms with Gasteiger partial charge in [-0.05, 0) is 35.9 Å². The van der Waals surface area contributed by atoms with E-state index in [4.69, 9.17) is 9.47 Å². The molecule has 0 spiro atoms. The summed E-state index contributed by atoms with van der Waals surface area (Å²) in [4.78, 5) is 15.8. The highest BCUT2D eigenvalue weighted by atomic mass is 16.5. The van der Waals surface area contributed by atoms with Crippen LogP contribution >= 0.6 is 0 Å². The van der Waals surface area contributed by atoms with Gasteiger partial charge in [0.25, 0.3) is 0 Å². The van der Waals surface area contributed by atoms with E-state index >= 15 is 0 Å². The van der Waals surface area contributed by atoms with E-state index < -0.39 is 0 Å². The van der Waals surface area contributed by atoms with Crippen LogP contribution in [0.3, 0.4) is 0 Å². The second-order valence-electron chi connectivity index (χ2n) is 4.17. The summed E-state index contributed by atoms with van der Waals surface area (Å²) >= 11 is 0. The minimum absolute atomic E-state index is 0.223. The quantitative estimate of drug-likeness (QED) is 0.858. The van der Waals surface area contributed by atoms with Crippen molar-refractivity contribution in [3.63, 3.8) is 0 Å². The summed E-state index contributed by atoms with van der Waals surface area (Å²) in [5.41, 5.74) is 1.55. The summed E-state index contributed by atoms with van der Waals surface area (Å²) in [5, 5.41) is 2.76. The Morgan fingerprint density at radius 1 is 1.10 bits per heavy atom. The van der Waals surface area contributed by atoms with Gasteiger partial charge in [0, 0.05) is 30.2 Å². The highest BCUT2D eigenvalue weighted by molar-refractivity contribution is 6.02. The van der Waals surface area contributed by atoms with Gasteiger partial charge < -0.3 is 14.8 Å². The van der Waals surface area contributed by atoms with E-state index in [0.717, 1.165) is 5.56 Å². The monoisotopic (exact) mass is 284 g/mol. The Hall–Kier alpha value is -2.82. The van der Waals surface area contributed by atoms with Crippen molar-refractivity contribution in [1.82, 2.24) is 4.98 Å². The van der Waals surface area contributed by atoms with Gasteiger partial charge >= 0.3 is 0 Å². The number of nitrogens with zero attached hydrogens (tertiary/aromatic N) is 1. The first kappa shape index (κ1) is 14.6. The molecule has 0 radical (unpaired) electrons. The molecule has 21 heavy (non-hydrogen) atoms. The molecule has 2 aromatic rings. The molecule has 0 saturated heterocycles. The molecule has 0 aliphatic carbocycles. The van der Waals surface area contributed by atoms with Gasteiger partial charge in [0.2, 0.25) is 5.91 Å². The third-order valence-electron chi connectivity index (χ3n) is 2.78. The minimum Gasteiger partial charge on any atom is -0.493 e. The number of rotatable bonds is 5. The number of amides is 1. The third-order valence-corrected chi connectivity index (χ3v) is 2.78. The third kappa shape index (κ3) is 4.07. The van der Waals surface area contributed by atoms with Crippen molar-refractivity contribution in [1.29, 1.82) is 0 Å². The standard InChI is InChI=1S/C16H16N2O3/c1-20-14-5-4-13(11-15(14)21-2)18-16(19)6-3-12-7-9-17-10-8-12/h3-11H,1-2H3,(H,18,19)/b6-3+. The Morgan fingerprint density at radius 2 is 1.81 bits per heavy atom. The molecule has 0 unspecified atom stereocenters. The number of hydrogen-bond donors (Lipinski definition) is 1. The Kier molecular flexibility index (Phi) is 4.93. The van der Waals surface area contributed by atoms with E-state index in [1.807, 2.05) is 12.1 Å². The zero-order valence-corrected chi connectivity index (χ0v) is 11.9. The largest absolute Gasteiger partial charge is 0.493 e. The fraction of sp³-hybridized carbons (Fsp3) is 0.125. The molecular formula is C16H16N2O3. The van der Waals surface area contributed by atoms with Crippen LogP contribution in [0, 0.1) is 0 Å². The molecule has 0 aliphatic rings. The van der Waals surface area contributed by atoms with Crippen LogP contribution in [0.5, 0.6) is 11.5 Å². The van der Waals surface area contributed by atoms with Crippen molar-refractivity contribution < 1.29 is 14.3 Å². The Morgan fingerprint density at radius 3 is 2.48 bits per heavy atom. The second kappa shape index (κ2) is 7.09. The molecule has 0 saturated carbocycles. The Balaban J connectivity index is 2.04. The van der Waals surface area contributed by atoms with Crippen LogP contribution in [0.25, 0.3) is 6.08 Å². The van der Waals surface area contributed by atoms with Gasteiger partial charge in [-0.25, -0.2) is 0 Å². The van der Waals surface area contributed by atoms with E-state index in [0.29, 0.717) is 17.2 Å². The van der Waals surface area contributed by atoms with Crippen LogP contribution in [0.4, 0.5) is 5.69 Å². The summed E-state index contributed by atoms with van der Waals surface area (Å²) in [6.07, 6.45) is 6.53. The van der Waals surface area contributed by atoms with Crippen molar-refractivity contribution in [3.8, 4) is 11.5 Å². The summed E-state index contributed by atoms with van der Waals surface area (Å²) in [5.74, 6) is 0.954. The van der Waals surface area contributed by atoms with E-state index in [9.17, 15) is 4.79 Å². The van der Waals surface area contributed by atoms with E-state index in [1.54, 1.807) is 50.9 Å². The number of aromatic nitrogens is 1. The molecule has 1 heterocycles. The second-order valence-corrected chi connectivity index (χ2v) is 4.17. The molecule has 5 heteroatoms. The van der Waals surface area contributed by atoms with E-state index in [2.05, 4.69) is 10.3 Å². The van der Waals surface area contributed by atoms with Crippen molar-refractivity contribution >= 4 is 17.7 Å². The number of carbonyl (C=O) groups excluding carboxylic acids is 1.